The molecule has 0 saturated heterocycles. The summed E-state index contributed by atoms with van der Waals surface area (Å²) in [5, 5.41) is 33.0. The highest BCUT2D eigenvalue weighted by atomic mass is 16.6. The van der Waals surface area contributed by atoms with Gasteiger partial charge in [0.25, 0.3) is 11.6 Å². The Morgan fingerprint density at radius 2 is 1.77 bits per heavy atom. The highest BCUT2D eigenvalue weighted by Crippen LogP contribution is 2.30. The quantitative estimate of drug-likeness (QED) is 0.560. The first-order valence-corrected chi connectivity index (χ1v) is 6.97. The topological polar surface area (TPSA) is 162 Å². The molecule has 2 aromatic carbocycles. The van der Waals surface area contributed by atoms with Crippen LogP contribution in [0.1, 0.15) is 10.4 Å². The van der Waals surface area contributed by atoms with Crippen LogP contribution in [0.3, 0.4) is 0 Å². The number of carbonyl (C=O) groups is 2. The van der Waals surface area contributed by atoms with Crippen molar-refractivity contribution in [3.63, 3.8) is 0 Å². The van der Waals surface area contributed by atoms with E-state index >= 15 is 0 Å². The smallest absolute Gasteiger partial charge is 0.337 e. The maximum absolute atomic E-state index is 11.9. The monoisotopic (exact) mass is 361 g/mol. The second kappa shape index (κ2) is 7.70. The van der Waals surface area contributed by atoms with E-state index in [4.69, 9.17) is 9.84 Å². The first-order valence-electron chi connectivity index (χ1n) is 6.97. The number of nitro groups is 2. The number of carboxylic acid groups (broad SMARTS) is 1. The summed E-state index contributed by atoms with van der Waals surface area (Å²) in [5.41, 5.74) is -1.27. The first-order chi connectivity index (χ1) is 12.3. The second-order valence-electron chi connectivity index (χ2n) is 4.85. The van der Waals surface area contributed by atoms with Crippen molar-refractivity contribution >= 4 is 28.9 Å². The van der Waals surface area contributed by atoms with Gasteiger partial charge < -0.3 is 15.2 Å². The third kappa shape index (κ3) is 4.29. The van der Waals surface area contributed by atoms with E-state index in [-0.39, 0.29) is 17.0 Å². The van der Waals surface area contributed by atoms with Crippen molar-refractivity contribution in [1.82, 2.24) is 0 Å². The number of nitrogens with one attached hydrogen (secondary N) is 1. The fourth-order valence-corrected chi connectivity index (χ4v) is 1.99. The van der Waals surface area contributed by atoms with Crippen LogP contribution in [0, 0.1) is 20.2 Å². The average Bonchev–Trinajstić information content (AvgIpc) is 2.59. The van der Waals surface area contributed by atoms with Gasteiger partial charge in [-0.05, 0) is 18.2 Å². The molecule has 26 heavy (non-hydrogen) atoms. The van der Waals surface area contributed by atoms with E-state index in [1.54, 1.807) is 0 Å². The second-order valence-corrected chi connectivity index (χ2v) is 4.85. The van der Waals surface area contributed by atoms with Gasteiger partial charge in [-0.15, -0.1) is 0 Å². The molecule has 2 N–H and O–H groups in total. The molecule has 2 aromatic rings. The molecule has 0 aliphatic carbocycles. The zero-order valence-electron chi connectivity index (χ0n) is 12.9. The van der Waals surface area contributed by atoms with Gasteiger partial charge in [0.05, 0.1) is 27.2 Å². The summed E-state index contributed by atoms with van der Waals surface area (Å²) in [7, 11) is 0. The molecule has 0 saturated carbocycles. The van der Waals surface area contributed by atoms with Crippen LogP contribution in [-0.4, -0.2) is 33.4 Å². The zero-order chi connectivity index (χ0) is 19.3. The van der Waals surface area contributed by atoms with Crippen molar-refractivity contribution in [2.45, 2.75) is 0 Å². The van der Waals surface area contributed by atoms with Crippen LogP contribution in [0.5, 0.6) is 5.75 Å². The van der Waals surface area contributed by atoms with Gasteiger partial charge in [0.2, 0.25) is 0 Å². The molecule has 11 nitrogen and oxygen atoms in total. The molecule has 0 radical (unpaired) electrons. The number of ether oxygens (including phenoxy) is 1. The lowest BCUT2D eigenvalue weighted by molar-refractivity contribution is -0.394. The number of carbonyl (C=O) groups excluding carboxylic acids is 1. The number of benzene rings is 2. The Morgan fingerprint density at radius 3 is 2.38 bits per heavy atom. The van der Waals surface area contributed by atoms with E-state index in [0.29, 0.717) is 6.07 Å². The summed E-state index contributed by atoms with van der Waals surface area (Å²) >= 11 is 0. The summed E-state index contributed by atoms with van der Waals surface area (Å²) in [6.07, 6.45) is 0. The molecule has 0 heterocycles. The Balaban J connectivity index is 2.12. The van der Waals surface area contributed by atoms with E-state index in [1.165, 1.54) is 24.3 Å². The number of aromatic carboxylic acids is 1. The Kier molecular flexibility index (Phi) is 5.43. The van der Waals surface area contributed by atoms with E-state index in [1.807, 2.05) is 0 Å². The number of carboxylic acids is 1. The van der Waals surface area contributed by atoms with E-state index in [0.717, 1.165) is 12.1 Å². The third-order valence-corrected chi connectivity index (χ3v) is 3.14. The Hall–Kier alpha value is -4.02. The molecule has 0 bridgehead atoms. The highest BCUT2D eigenvalue weighted by Gasteiger charge is 2.21. The molecule has 0 aliphatic rings. The standard InChI is InChI=1S/C15H11N3O8/c19-14(16-11-4-2-1-3-10(11)15(20)21)8-26-13-6-5-9(17(22)23)7-12(13)18(24)25/h1-7H,8H2,(H,16,19)(H,20,21). The van der Waals surface area contributed by atoms with Crippen molar-refractivity contribution in [2.24, 2.45) is 0 Å². The molecular formula is C15H11N3O8. The lowest BCUT2D eigenvalue weighted by Gasteiger charge is -2.09. The van der Waals surface area contributed by atoms with Gasteiger partial charge in [0.15, 0.2) is 12.4 Å². The van der Waals surface area contributed by atoms with Crippen molar-refractivity contribution in [3.8, 4) is 5.75 Å². The highest BCUT2D eigenvalue weighted by molar-refractivity contribution is 6.00. The Labute approximate surface area is 145 Å². The van der Waals surface area contributed by atoms with Crippen molar-refractivity contribution in [2.75, 3.05) is 11.9 Å². The van der Waals surface area contributed by atoms with Crippen molar-refractivity contribution in [1.29, 1.82) is 0 Å². The SMILES string of the molecule is O=C(COc1ccc([N+](=O)[O-])cc1[N+](=O)[O-])Nc1ccccc1C(=O)O. The summed E-state index contributed by atoms with van der Waals surface area (Å²) in [6, 6.07) is 8.39. The van der Waals surface area contributed by atoms with E-state index in [2.05, 4.69) is 5.32 Å². The molecule has 0 unspecified atom stereocenters. The maximum atomic E-state index is 11.9. The zero-order valence-corrected chi connectivity index (χ0v) is 12.9. The number of nitrogens with zero attached hydrogens (tertiary/aromatic N) is 2. The van der Waals surface area contributed by atoms with Gasteiger partial charge in [-0.25, -0.2) is 4.79 Å². The normalized spacial score (nSPS) is 10.0. The summed E-state index contributed by atoms with van der Waals surface area (Å²) < 4.78 is 5.04. The minimum Gasteiger partial charge on any atom is -0.478 e. The molecule has 0 aromatic heterocycles. The molecule has 0 fully saturated rings. The molecule has 2 rings (SSSR count). The number of amides is 1. The van der Waals surface area contributed by atoms with Crippen LogP contribution in [0.4, 0.5) is 17.1 Å². The molecule has 134 valence electrons. The summed E-state index contributed by atoms with van der Waals surface area (Å²) in [4.78, 5) is 43.0. The number of nitro benzene ring substituents is 2. The predicted octanol–water partition coefficient (Wildman–Crippen LogP) is 2.22. The van der Waals surface area contributed by atoms with Crippen molar-refractivity contribution < 1.29 is 29.3 Å². The number of hydrogen-bond donors (Lipinski definition) is 2. The number of anilines is 1. The van der Waals surface area contributed by atoms with Crippen molar-refractivity contribution in [3.05, 3.63) is 68.3 Å². The largest absolute Gasteiger partial charge is 0.478 e. The van der Waals surface area contributed by atoms with Gasteiger partial charge in [-0.3, -0.25) is 25.0 Å². The minimum atomic E-state index is -1.24. The Bertz CT molecular complexity index is 896. The van der Waals surface area contributed by atoms with Crippen LogP contribution in [-0.2, 0) is 4.79 Å². The molecule has 0 aliphatic heterocycles. The van der Waals surface area contributed by atoms with Gasteiger partial charge >= 0.3 is 11.7 Å². The van der Waals surface area contributed by atoms with Crippen LogP contribution >= 0.6 is 0 Å². The average molecular weight is 361 g/mol. The van der Waals surface area contributed by atoms with Crippen LogP contribution in [0.2, 0.25) is 0 Å². The third-order valence-electron chi connectivity index (χ3n) is 3.14. The molecule has 0 spiro atoms. The maximum Gasteiger partial charge on any atom is 0.337 e. The number of rotatable bonds is 7. The number of hydrogen-bond acceptors (Lipinski definition) is 7. The van der Waals surface area contributed by atoms with Crippen LogP contribution in [0.25, 0.3) is 0 Å². The van der Waals surface area contributed by atoms with Gasteiger partial charge in [-0.1, -0.05) is 12.1 Å². The fourth-order valence-electron chi connectivity index (χ4n) is 1.99. The summed E-state index contributed by atoms with van der Waals surface area (Å²) in [5.74, 6) is -2.33. The van der Waals surface area contributed by atoms with Gasteiger partial charge in [-0.2, -0.15) is 0 Å². The number of non-ortho nitro benzene ring substituents is 1. The summed E-state index contributed by atoms with van der Waals surface area (Å²) in [6.45, 7) is -0.660. The lowest BCUT2D eigenvalue weighted by atomic mass is 10.2. The Morgan fingerprint density at radius 1 is 1.08 bits per heavy atom. The van der Waals surface area contributed by atoms with E-state index < -0.39 is 39.7 Å². The fraction of sp³-hybridized carbons (Fsp3) is 0.0667. The van der Waals surface area contributed by atoms with E-state index in [9.17, 15) is 29.8 Å². The van der Waals surface area contributed by atoms with Gasteiger partial charge in [0, 0.05) is 6.07 Å². The molecule has 1 amide bonds. The molecular weight excluding hydrogens is 350 g/mol. The van der Waals surface area contributed by atoms with Crippen LogP contribution in [0.15, 0.2) is 42.5 Å². The van der Waals surface area contributed by atoms with Crippen LogP contribution < -0.4 is 10.1 Å². The first kappa shape index (κ1) is 18.3. The predicted molar refractivity (Wildman–Crippen MR) is 87.3 cm³/mol. The lowest BCUT2D eigenvalue weighted by Crippen LogP contribution is -2.21. The minimum absolute atomic E-state index is 0.0341. The molecule has 11 heteroatoms. The van der Waals surface area contributed by atoms with Gasteiger partial charge in [0.1, 0.15) is 0 Å². The number of para-hydroxylation sites is 1. The molecule has 0 atom stereocenters.